The van der Waals surface area contributed by atoms with Gasteiger partial charge in [-0.05, 0) is 32.4 Å². The lowest BCUT2D eigenvalue weighted by molar-refractivity contribution is -0.144. The molecule has 0 aliphatic carbocycles. The van der Waals surface area contributed by atoms with Crippen molar-refractivity contribution in [3.8, 4) is 0 Å². The highest BCUT2D eigenvalue weighted by Gasteiger charge is 2.18. The molecule has 0 aliphatic heterocycles. The molecule has 0 heterocycles. The zero-order valence-electron chi connectivity index (χ0n) is 13.7. The van der Waals surface area contributed by atoms with Gasteiger partial charge in [-0.1, -0.05) is 56.7 Å². The molecule has 3 nitrogen and oxygen atoms in total. The lowest BCUT2D eigenvalue weighted by atomic mass is 10.1. The van der Waals surface area contributed by atoms with Gasteiger partial charge in [-0.2, -0.15) is 0 Å². The molecule has 0 bridgehead atoms. The fourth-order valence-corrected chi connectivity index (χ4v) is 2.29. The van der Waals surface area contributed by atoms with E-state index in [2.05, 4.69) is 19.2 Å². The second-order valence-corrected chi connectivity index (χ2v) is 5.52. The highest BCUT2D eigenvalue weighted by atomic mass is 16.5. The van der Waals surface area contributed by atoms with Gasteiger partial charge >= 0.3 is 5.97 Å². The Labute approximate surface area is 129 Å². The molecule has 3 heteroatoms. The third kappa shape index (κ3) is 7.16. The first-order valence-corrected chi connectivity index (χ1v) is 8.17. The number of hydrogen-bond acceptors (Lipinski definition) is 3. The van der Waals surface area contributed by atoms with Gasteiger partial charge in [0.1, 0.15) is 6.04 Å². The van der Waals surface area contributed by atoms with E-state index in [1.54, 1.807) is 0 Å². The molecule has 1 N–H and O–H groups in total. The molecule has 0 aliphatic rings. The average Bonchev–Trinajstić information content (AvgIpc) is 2.48. The summed E-state index contributed by atoms with van der Waals surface area (Å²) in [5.74, 6) is -0.145. The fourth-order valence-electron chi connectivity index (χ4n) is 2.29. The zero-order valence-corrected chi connectivity index (χ0v) is 13.7. The number of esters is 1. The Kier molecular flexibility index (Phi) is 8.56. The van der Waals surface area contributed by atoms with Crippen molar-refractivity contribution in [2.45, 2.75) is 65.3 Å². The predicted octanol–water partition coefficient (Wildman–Crippen LogP) is 4.70. The standard InChI is InChI=1S/C18H29NO2/c1-4-6-7-8-9-10-17(18(20)21-5-2)19-16-13-11-15(3)12-14-16/h11-14,17,19H,4-10H2,1-3H3. The largest absolute Gasteiger partial charge is 0.464 e. The zero-order chi connectivity index (χ0) is 15.5. The third-order valence-corrected chi connectivity index (χ3v) is 3.56. The van der Waals surface area contributed by atoms with Crippen molar-refractivity contribution in [2.24, 2.45) is 0 Å². The number of carbonyl (C=O) groups is 1. The summed E-state index contributed by atoms with van der Waals surface area (Å²) >= 11 is 0. The van der Waals surface area contributed by atoms with Gasteiger partial charge in [0.25, 0.3) is 0 Å². The van der Waals surface area contributed by atoms with E-state index in [0.29, 0.717) is 6.61 Å². The van der Waals surface area contributed by atoms with E-state index in [4.69, 9.17) is 4.74 Å². The molecular weight excluding hydrogens is 262 g/mol. The molecule has 118 valence electrons. The maximum Gasteiger partial charge on any atom is 0.328 e. The first-order valence-electron chi connectivity index (χ1n) is 8.17. The van der Waals surface area contributed by atoms with Crippen LogP contribution in [-0.2, 0) is 9.53 Å². The highest BCUT2D eigenvalue weighted by molar-refractivity contribution is 5.79. The van der Waals surface area contributed by atoms with Gasteiger partial charge in [-0.3, -0.25) is 0 Å². The highest BCUT2D eigenvalue weighted by Crippen LogP contribution is 2.15. The Morgan fingerprint density at radius 1 is 1.10 bits per heavy atom. The smallest absolute Gasteiger partial charge is 0.328 e. The van der Waals surface area contributed by atoms with Crippen LogP contribution >= 0.6 is 0 Å². The Morgan fingerprint density at radius 3 is 2.38 bits per heavy atom. The number of anilines is 1. The van der Waals surface area contributed by atoms with Gasteiger partial charge in [-0.25, -0.2) is 4.79 Å². The van der Waals surface area contributed by atoms with E-state index in [-0.39, 0.29) is 12.0 Å². The molecule has 0 fully saturated rings. The lowest BCUT2D eigenvalue weighted by Crippen LogP contribution is -2.31. The summed E-state index contributed by atoms with van der Waals surface area (Å²) in [6.07, 6.45) is 6.83. The van der Waals surface area contributed by atoms with E-state index < -0.39 is 0 Å². The molecule has 0 aromatic heterocycles. The number of benzene rings is 1. The van der Waals surface area contributed by atoms with Crippen LogP contribution in [0.1, 0.15) is 57.9 Å². The number of nitrogens with one attached hydrogen (secondary N) is 1. The van der Waals surface area contributed by atoms with Gasteiger partial charge < -0.3 is 10.1 Å². The number of unbranched alkanes of at least 4 members (excludes halogenated alkanes) is 4. The average molecular weight is 291 g/mol. The van der Waals surface area contributed by atoms with Crippen LogP contribution < -0.4 is 5.32 Å². The minimum absolute atomic E-state index is 0.145. The molecule has 1 aromatic carbocycles. The normalized spacial score (nSPS) is 12.0. The van der Waals surface area contributed by atoms with Crippen LogP contribution in [0.15, 0.2) is 24.3 Å². The SMILES string of the molecule is CCCCCCCC(Nc1ccc(C)cc1)C(=O)OCC. The first kappa shape index (κ1) is 17.5. The van der Waals surface area contributed by atoms with Crippen LogP contribution in [0.4, 0.5) is 5.69 Å². The van der Waals surface area contributed by atoms with Gasteiger partial charge in [-0.15, -0.1) is 0 Å². The Balaban J connectivity index is 2.51. The van der Waals surface area contributed by atoms with Crippen molar-refractivity contribution < 1.29 is 9.53 Å². The first-order chi connectivity index (χ1) is 10.2. The van der Waals surface area contributed by atoms with Crippen LogP contribution in [0.3, 0.4) is 0 Å². The van der Waals surface area contributed by atoms with Crippen molar-refractivity contribution >= 4 is 11.7 Å². The van der Waals surface area contributed by atoms with Crippen LogP contribution in [-0.4, -0.2) is 18.6 Å². The summed E-state index contributed by atoms with van der Waals surface area (Å²) < 4.78 is 5.18. The topological polar surface area (TPSA) is 38.3 Å². The van der Waals surface area contributed by atoms with E-state index in [9.17, 15) is 4.79 Å². The summed E-state index contributed by atoms with van der Waals surface area (Å²) in [4.78, 5) is 12.0. The quantitative estimate of drug-likeness (QED) is 0.501. The summed E-state index contributed by atoms with van der Waals surface area (Å²) in [7, 11) is 0. The van der Waals surface area contributed by atoms with E-state index in [1.807, 2.05) is 31.2 Å². The molecular formula is C18H29NO2. The molecule has 1 unspecified atom stereocenters. The molecule has 1 rings (SSSR count). The van der Waals surface area contributed by atoms with Crippen molar-refractivity contribution in [1.82, 2.24) is 0 Å². The van der Waals surface area contributed by atoms with Gasteiger partial charge in [0.05, 0.1) is 6.61 Å². The number of rotatable bonds is 10. The molecule has 21 heavy (non-hydrogen) atoms. The van der Waals surface area contributed by atoms with Crippen LogP contribution in [0, 0.1) is 6.92 Å². The van der Waals surface area contributed by atoms with Gasteiger partial charge in [0.15, 0.2) is 0 Å². The molecule has 1 atom stereocenters. The summed E-state index contributed by atoms with van der Waals surface area (Å²) in [6, 6.07) is 7.88. The number of ether oxygens (including phenoxy) is 1. The summed E-state index contributed by atoms with van der Waals surface area (Å²) in [5.41, 5.74) is 2.19. The monoisotopic (exact) mass is 291 g/mol. The molecule has 0 saturated carbocycles. The van der Waals surface area contributed by atoms with E-state index in [0.717, 1.165) is 18.5 Å². The second kappa shape index (κ2) is 10.3. The van der Waals surface area contributed by atoms with Crippen LogP contribution in [0.5, 0.6) is 0 Å². The number of carbonyl (C=O) groups excluding carboxylic acids is 1. The van der Waals surface area contributed by atoms with E-state index >= 15 is 0 Å². The maximum atomic E-state index is 12.0. The molecule has 0 amide bonds. The van der Waals surface area contributed by atoms with Crippen molar-refractivity contribution in [3.05, 3.63) is 29.8 Å². The minimum Gasteiger partial charge on any atom is -0.464 e. The Hall–Kier alpha value is -1.51. The van der Waals surface area contributed by atoms with Gasteiger partial charge in [0, 0.05) is 5.69 Å². The fraction of sp³-hybridized carbons (Fsp3) is 0.611. The predicted molar refractivity (Wildman–Crippen MR) is 88.6 cm³/mol. The van der Waals surface area contributed by atoms with Crippen LogP contribution in [0.2, 0.25) is 0 Å². The third-order valence-electron chi connectivity index (χ3n) is 3.56. The second-order valence-electron chi connectivity index (χ2n) is 5.52. The number of hydrogen-bond donors (Lipinski definition) is 1. The molecule has 1 aromatic rings. The molecule has 0 spiro atoms. The Bertz CT molecular complexity index is 400. The summed E-state index contributed by atoms with van der Waals surface area (Å²) in [5, 5.41) is 3.31. The van der Waals surface area contributed by atoms with Crippen molar-refractivity contribution in [2.75, 3.05) is 11.9 Å². The van der Waals surface area contributed by atoms with Gasteiger partial charge in [0.2, 0.25) is 0 Å². The number of aryl methyl sites for hydroxylation is 1. The van der Waals surface area contributed by atoms with Crippen molar-refractivity contribution in [3.63, 3.8) is 0 Å². The molecule has 0 radical (unpaired) electrons. The lowest BCUT2D eigenvalue weighted by Gasteiger charge is -2.18. The maximum absolute atomic E-state index is 12.0. The van der Waals surface area contributed by atoms with E-state index in [1.165, 1.54) is 31.2 Å². The summed E-state index contributed by atoms with van der Waals surface area (Å²) in [6.45, 7) is 6.55. The van der Waals surface area contributed by atoms with Crippen molar-refractivity contribution in [1.29, 1.82) is 0 Å². The van der Waals surface area contributed by atoms with Crippen LogP contribution in [0.25, 0.3) is 0 Å². The minimum atomic E-state index is -0.241. The molecule has 0 saturated heterocycles. The Morgan fingerprint density at radius 2 is 1.76 bits per heavy atom.